The van der Waals surface area contributed by atoms with Gasteiger partial charge in [-0.2, -0.15) is 27.8 Å². The molecule has 0 bridgehead atoms. The minimum atomic E-state index is -4.52. The first-order valence-corrected chi connectivity index (χ1v) is 10.4. The highest BCUT2D eigenvalue weighted by molar-refractivity contribution is 5.91. The average Bonchev–Trinajstić information content (AvgIpc) is 3.24. The number of benzene rings is 2. The maximum atomic E-state index is 13.6. The van der Waals surface area contributed by atoms with Crippen LogP contribution in [0, 0.1) is 5.82 Å². The topological polar surface area (TPSA) is 61.5 Å². The van der Waals surface area contributed by atoms with Gasteiger partial charge < -0.3 is 9.47 Å². The smallest absolute Gasteiger partial charge is 0.422 e. The normalized spacial score (nSPS) is 11.5. The van der Waals surface area contributed by atoms with Crippen molar-refractivity contribution in [3.05, 3.63) is 90.9 Å². The molecule has 0 saturated carbocycles. The third-order valence-electron chi connectivity index (χ3n) is 4.97. The molecule has 0 unspecified atom stereocenters. The zero-order chi connectivity index (χ0) is 24.4. The highest BCUT2D eigenvalue weighted by Gasteiger charge is 2.29. The maximum absolute atomic E-state index is 13.6. The van der Waals surface area contributed by atoms with E-state index in [4.69, 9.17) is 9.47 Å². The Kier molecular flexibility index (Phi) is 5.77. The molecule has 6 nitrogen and oxygen atoms in total. The lowest BCUT2D eigenvalue weighted by molar-refractivity contribution is -0.154. The summed E-state index contributed by atoms with van der Waals surface area (Å²) in [6.45, 7) is -1.48. The zero-order valence-electron chi connectivity index (χ0n) is 17.9. The molecule has 2 aromatic carbocycles. The number of ether oxygens (including phenoxy) is 2. The van der Waals surface area contributed by atoms with E-state index in [0.29, 0.717) is 33.8 Å². The molecule has 0 fully saturated rings. The molecule has 0 aliphatic carbocycles. The van der Waals surface area contributed by atoms with E-state index in [1.54, 1.807) is 42.5 Å². The largest absolute Gasteiger partial charge is 0.468 e. The Bertz CT molecular complexity index is 1470. The van der Waals surface area contributed by atoms with Crippen molar-refractivity contribution in [1.29, 1.82) is 0 Å². The molecule has 5 rings (SSSR count). The molecule has 0 aliphatic heterocycles. The van der Waals surface area contributed by atoms with Crippen molar-refractivity contribution in [1.82, 2.24) is 19.6 Å². The number of hydrogen-bond donors (Lipinski definition) is 0. The minimum absolute atomic E-state index is 0.0718. The first-order valence-electron chi connectivity index (χ1n) is 10.4. The van der Waals surface area contributed by atoms with Crippen LogP contribution in [0.3, 0.4) is 0 Å². The van der Waals surface area contributed by atoms with E-state index in [2.05, 4.69) is 15.1 Å². The molecule has 0 amide bonds. The molecule has 3 heterocycles. The van der Waals surface area contributed by atoms with E-state index in [1.165, 1.54) is 41.0 Å². The van der Waals surface area contributed by atoms with Crippen molar-refractivity contribution in [3.8, 4) is 40.2 Å². The van der Waals surface area contributed by atoms with Crippen molar-refractivity contribution in [2.24, 2.45) is 0 Å². The van der Waals surface area contributed by atoms with Crippen LogP contribution in [0.1, 0.15) is 0 Å². The van der Waals surface area contributed by atoms with Crippen LogP contribution in [-0.4, -0.2) is 32.4 Å². The van der Waals surface area contributed by atoms with Gasteiger partial charge in [0.25, 0.3) is 0 Å². The number of hydrogen-bond acceptors (Lipinski definition) is 5. The van der Waals surface area contributed by atoms with Crippen LogP contribution < -0.4 is 9.47 Å². The number of aromatic nitrogens is 4. The van der Waals surface area contributed by atoms with Crippen LogP contribution in [0.2, 0.25) is 0 Å². The summed E-state index contributed by atoms with van der Waals surface area (Å²) >= 11 is 0. The van der Waals surface area contributed by atoms with Crippen molar-refractivity contribution in [3.63, 3.8) is 0 Å². The Hall–Kier alpha value is -4.47. The van der Waals surface area contributed by atoms with E-state index >= 15 is 0 Å². The fourth-order valence-electron chi connectivity index (χ4n) is 3.50. The predicted molar refractivity (Wildman–Crippen MR) is 120 cm³/mol. The molecule has 0 N–H and O–H groups in total. The van der Waals surface area contributed by atoms with Crippen LogP contribution in [-0.2, 0) is 0 Å². The standard InChI is InChI=1S/C25H16F4N4O2/c26-17-11-9-16(10-12-17)23-22(19-13-14-30-24(31-19)35-18-5-2-1-3-6-18)20-7-4-8-21(33(20)32-23)34-15-25(27,28)29/h1-14H,15H2. The van der Waals surface area contributed by atoms with E-state index in [1.807, 2.05) is 6.07 Å². The van der Waals surface area contributed by atoms with Gasteiger partial charge in [-0.05, 0) is 48.5 Å². The second kappa shape index (κ2) is 9.05. The minimum Gasteiger partial charge on any atom is -0.468 e. The molecule has 0 spiro atoms. The van der Waals surface area contributed by atoms with Gasteiger partial charge in [-0.3, -0.25) is 0 Å². The van der Waals surface area contributed by atoms with Gasteiger partial charge in [-0.15, -0.1) is 0 Å². The molecule has 176 valence electrons. The Balaban J connectivity index is 1.65. The molecule has 35 heavy (non-hydrogen) atoms. The number of alkyl halides is 3. The fourth-order valence-corrected chi connectivity index (χ4v) is 3.50. The van der Waals surface area contributed by atoms with Gasteiger partial charge in [0.15, 0.2) is 6.61 Å². The molecule has 3 aromatic heterocycles. The zero-order valence-corrected chi connectivity index (χ0v) is 17.9. The number of pyridine rings is 1. The third-order valence-corrected chi connectivity index (χ3v) is 4.97. The van der Waals surface area contributed by atoms with Gasteiger partial charge in [0.2, 0.25) is 5.88 Å². The molecule has 5 aromatic rings. The Morgan fingerprint density at radius 1 is 0.857 bits per heavy atom. The molecular formula is C25H16F4N4O2. The van der Waals surface area contributed by atoms with Crippen LogP contribution >= 0.6 is 0 Å². The fraction of sp³-hybridized carbons (Fsp3) is 0.0800. The van der Waals surface area contributed by atoms with E-state index < -0.39 is 18.6 Å². The lowest BCUT2D eigenvalue weighted by Gasteiger charge is -2.10. The molecule has 0 radical (unpaired) electrons. The molecule has 0 aliphatic rings. The monoisotopic (exact) mass is 480 g/mol. The highest BCUT2D eigenvalue weighted by Crippen LogP contribution is 2.36. The van der Waals surface area contributed by atoms with Crippen molar-refractivity contribution < 1.29 is 27.0 Å². The summed E-state index contributed by atoms with van der Waals surface area (Å²) in [5.74, 6) is -0.00999. The van der Waals surface area contributed by atoms with Crippen LogP contribution in [0.5, 0.6) is 17.6 Å². The number of halogens is 4. The van der Waals surface area contributed by atoms with E-state index in [-0.39, 0.29) is 11.9 Å². The van der Waals surface area contributed by atoms with Gasteiger partial charge in [0.1, 0.15) is 17.3 Å². The number of fused-ring (bicyclic) bond motifs is 1. The average molecular weight is 480 g/mol. The summed E-state index contributed by atoms with van der Waals surface area (Å²) in [6.07, 6.45) is -3.02. The third kappa shape index (κ3) is 4.91. The maximum Gasteiger partial charge on any atom is 0.422 e. The van der Waals surface area contributed by atoms with E-state index in [0.717, 1.165) is 0 Å². The lowest BCUT2D eigenvalue weighted by Crippen LogP contribution is -2.20. The second-order valence-electron chi connectivity index (χ2n) is 7.43. The Morgan fingerprint density at radius 2 is 1.63 bits per heavy atom. The summed E-state index contributed by atoms with van der Waals surface area (Å²) in [5.41, 5.74) is 2.25. The summed E-state index contributed by atoms with van der Waals surface area (Å²) in [4.78, 5) is 8.65. The summed E-state index contributed by atoms with van der Waals surface area (Å²) in [5, 5.41) is 4.50. The van der Waals surface area contributed by atoms with Crippen molar-refractivity contribution in [2.75, 3.05) is 6.61 Å². The van der Waals surface area contributed by atoms with Gasteiger partial charge in [0.05, 0.1) is 16.8 Å². The molecule has 10 heteroatoms. The van der Waals surface area contributed by atoms with Gasteiger partial charge in [-0.1, -0.05) is 24.3 Å². The summed E-state index contributed by atoms with van der Waals surface area (Å²) in [6, 6.07) is 20.9. The SMILES string of the molecule is Fc1ccc(-c2nn3c(OCC(F)(F)F)cccc3c2-c2ccnc(Oc3ccccc3)n2)cc1. The van der Waals surface area contributed by atoms with Gasteiger partial charge >= 0.3 is 12.2 Å². The Labute approximate surface area is 196 Å². The van der Waals surface area contributed by atoms with Crippen LogP contribution in [0.15, 0.2) is 85.1 Å². The van der Waals surface area contributed by atoms with Crippen LogP contribution in [0.25, 0.3) is 28.0 Å². The Morgan fingerprint density at radius 3 is 2.37 bits per heavy atom. The number of para-hydroxylation sites is 1. The molecule has 0 saturated heterocycles. The first-order chi connectivity index (χ1) is 16.9. The first kappa shape index (κ1) is 22.3. The number of rotatable bonds is 6. The van der Waals surface area contributed by atoms with Crippen LogP contribution in [0.4, 0.5) is 17.6 Å². The van der Waals surface area contributed by atoms with E-state index in [9.17, 15) is 17.6 Å². The lowest BCUT2D eigenvalue weighted by atomic mass is 10.0. The van der Waals surface area contributed by atoms with Gasteiger partial charge in [-0.25, -0.2) is 9.37 Å². The quantitative estimate of drug-likeness (QED) is 0.266. The highest BCUT2D eigenvalue weighted by atomic mass is 19.4. The molecule has 0 atom stereocenters. The van der Waals surface area contributed by atoms with Crippen molar-refractivity contribution >= 4 is 5.52 Å². The number of nitrogens with zero attached hydrogens (tertiary/aromatic N) is 4. The summed E-state index contributed by atoms with van der Waals surface area (Å²) in [7, 11) is 0. The summed E-state index contributed by atoms with van der Waals surface area (Å²) < 4.78 is 64.0. The van der Waals surface area contributed by atoms with Gasteiger partial charge in [0, 0.05) is 17.8 Å². The predicted octanol–water partition coefficient (Wildman–Crippen LogP) is 6.33. The molecular weight excluding hydrogens is 464 g/mol. The van der Waals surface area contributed by atoms with Crippen molar-refractivity contribution in [2.45, 2.75) is 6.18 Å². The second-order valence-corrected chi connectivity index (χ2v) is 7.43.